The lowest BCUT2D eigenvalue weighted by Gasteiger charge is -2.37. The molecule has 1 N–H and O–H groups in total. The molecule has 0 bridgehead atoms. The maximum Gasteiger partial charge on any atom is 0.102 e. The van der Waals surface area contributed by atoms with Crippen molar-refractivity contribution in [3.8, 4) is 0 Å². The topological polar surface area (TPSA) is 21.3 Å². The van der Waals surface area contributed by atoms with E-state index < -0.39 is 0 Å². The van der Waals surface area contributed by atoms with E-state index in [2.05, 4.69) is 19.3 Å². The molecule has 3 nitrogen and oxygen atoms in total. The largest absolute Gasteiger partial charge is 0.376 e. The molecule has 0 aromatic carbocycles. The number of likely N-dealkylation sites (N-methyl/N-ethyl adjacent to an activating group) is 1. The molecule has 1 fully saturated rings. The zero-order valence-corrected chi connectivity index (χ0v) is 9.72. The van der Waals surface area contributed by atoms with Gasteiger partial charge in [-0.3, -0.25) is 0 Å². The summed E-state index contributed by atoms with van der Waals surface area (Å²) >= 11 is 0. The predicted molar refractivity (Wildman–Crippen MR) is 59.4 cm³/mol. The van der Waals surface area contributed by atoms with E-state index in [1.54, 1.807) is 0 Å². The number of hydrogen-bond donors (Lipinski definition) is 1. The molecule has 1 aliphatic rings. The minimum absolute atomic E-state index is 0.927. The highest BCUT2D eigenvalue weighted by Gasteiger charge is 2.23. The monoisotopic (exact) mass is 201 g/mol. The van der Waals surface area contributed by atoms with E-state index in [0.717, 1.165) is 26.3 Å². The summed E-state index contributed by atoms with van der Waals surface area (Å²) in [6.07, 6.45) is 2.43. The molecule has 0 aromatic heterocycles. The summed E-state index contributed by atoms with van der Waals surface area (Å²) < 4.78 is 6.79. The van der Waals surface area contributed by atoms with Crippen molar-refractivity contribution in [1.29, 1.82) is 0 Å². The number of quaternary nitrogens is 1. The molecule has 0 radical (unpaired) electrons. The Labute approximate surface area is 88.0 Å². The smallest absolute Gasteiger partial charge is 0.102 e. The molecule has 1 saturated heterocycles. The number of ether oxygens (including phenoxy) is 1. The number of piperazine rings is 1. The molecule has 0 saturated carbocycles. The first-order valence-electron chi connectivity index (χ1n) is 5.89. The number of nitrogens with one attached hydrogen (secondary N) is 1. The predicted octanol–water partition coefficient (Wildman–Crippen LogP) is 0.853. The van der Waals surface area contributed by atoms with Crippen LogP contribution >= 0.6 is 0 Å². The fraction of sp³-hybridized carbons (Fsp3) is 1.00. The summed E-state index contributed by atoms with van der Waals surface area (Å²) in [6.45, 7) is 10.1. The molecule has 14 heavy (non-hydrogen) atoms. The summed E-state index contributed by atoms with van der Waals surface area (Å²) in [5, 5.41) is 3.39. The highest BCUT2D eigenvalue weighted by Crippen LogP contribution is 2.03. The molecule has 0 atom stereocenters. The van der Waals surface area contributed by atoms with Gasteiger partial charge in [0, 0.05) is 19.7 Å². The van der Waals surface area contributed by atoms with Crippen LogP contribution in [0, 0.1) is 0 Å². The fourth-order valence-corrected chi connectivity index (χ4v) is 1.79. The van der Waals surface area contributed by atoms with Gasteiger partial charge in [-0.15, -0.1) is 0 Å². The van der Waals surface area contributed by atoms with Gasteiger partial charge in [0.25, 0.3) is 0 Å². The van der Waals surface area contributed by atoms with Gasteiger partial charge in [0.15, 0.2) is 0 Å². The summed E-state index contributed by atoms with van der Waals surface area (Å²) in [7, 11) is 2.34. The third-order valence-electron chi connectivity index (χ3n) is 3.07. The lowest BCUT2D eigenvalue weighted by Crippen LogP contribution is -2.57. The van der Waals surface area contributed by atoms with Gasteiger partial charge in [-0.25, -0.2) is 0 Å². The molecule has 0 amide bonds. The molecule has 84 valence electrons. The molecule has 1 heterocycles. The van der Waals surface area contributed by atoms with Gasteiger partial charge >= 0.3 is 0 Å². The van der Waals surface area contributed by atoms with Crippen molar-refractivity contribution in [1.82, 2.24) is 5.32 Å². The van der Waals surface area contributed by atoms with Crippen molar-refractivity contribution in [2.45, 2.75) is 19.8 Å². The second-order valence-electron chi connectivity index (χ2n) is 4.51. The Kier molecular flexibility index (Phi) is 5.45. The van der Waals surface area contributed by atoms with Crippen LogP contribution in [-0.2, 0) is 4.74 Å². The molecule has 3 heteroatoms. The first kappa shape index (κ1) is 12.0. The average molecular weight is 201 g/mol. The van der Waals surface area contributed by atoms with Crippen molar-refractivity contribution >= 4 is 0 Å². The standard InChI is InChI=1S/C11H25N2O/c1-3-4-10-14-11-9-13(2)7-5-12-6-8-13/h12H,3-11H2,1-2H3/q+1. The minimum atomic E-state index is 0.927. The molecular formula is C11H25N2O+. The second kappa shape index (κ2) is 6.38. The molecule has 0 spiro atoms. The first-order chi connectivity index (χ1) is 6.77. The van der Waals surface area contributed by atoms with Crippen molar-refractivity contribution in [3.63, 3.8) is 0 Å². The molecular weight excluding hydrogens is 176 g/mol. The highest BCUT2D eigenvalue weighted by molar-refractivity contribution is 4.54. The Bertz CT molecular complexity index is 144. The van der Waals surface area contributed by atoms with E-state index in [1.807, 2.05) is 0 Å². The SMILES string of the molecule is CCCCOCC[N+]1(C)CCNCC1. The van der Waals surface area contributed by atoms with Crippen LogP contribution in [0.4, 0.5) is 0 Å². The number of rotatable bonds is 6. The Morgan fingerprint density at radius 3 is 2.57 bits per heavy atom. The van der Waals surface area contributed by atoms with Crippen molar-refractivity contribution in [3.05, 3.63) is 0 Å². The van der Waals surface area contributed by atoms with Crippen LogP contribution in [0.15, 0.2) is 0 Å². The van der Waals surface area contributed by atoms with Gasteiger partial charge in [-0.05, 0) is 6.42 Å². The van der Waals surface area contributed by atoms with Gasteiger partial charge in [0.05, 0.1) is 26.7 Å². The zero-order valence-electron chi connectivity index (χ0n) is 9.72. The second-order valence-corrected chi connectivity index (χ2v) is 4.51. The molecule has 1 aliphatic heterocycles. The van der Waals surface area contributed by atoms with Gasteiger partial charge in [-0.2, -0.15) is 0 Å². The molecule has 0 unspecified atom stereocenters. The Morgan fingerprint density at radius 2 is 1.93 bits per heavy atom. The van der Waals surface area contributed by atoms with Crippen LogP contribution in [0.2, 0.25) is 0 Å². The van der Waals surface area contributed by atoms with Gasteiger partial charge in [-0.1, -0.05) is 13.3 Å². The average Bonchev–Trinajstić information content (AvgIpc) is 2.18. The highest BCUT2D eigenvalue weighted by atomic mass is 16.5. The van der Waals surface area contributed by atoms with Crippen molar-refractivity contribution in [2.75, 3.05) is 53.0 Å². The van der Waals surface area contributed by atoms with E-state index in [1.165, 1.54) is 37.0 Å². The minimum Gasteiger partial charge on any atom is -0.376 e. The van der Waals surface area contributed by atoms with Crippen LogP contribution in [-0.4, -0.2) is 57.5 Å². The van der Waals surface area contributed by atoms with E-state index in [0.29, 0.717) is 0 Å². The summed E-state index contributed by atoms with van der Waals surface area (Å²) in [4.78, 5) is 0. The number of unbranched alkanes of at least 4 members (excludes halogenated alkanes) is 1. The van der Waals surface area contributed by atoms with Crippen LogP contribution in [0.1, 0.15) is 19.8 Å². The number of nitrogens with zero attached hydrogens (tertiary/aromatic N) is 1. The quantitative estimate of drug-likeness (QED) is 0.508. The van der Waals surface area contributed by atoms with E-state index in [9.17, 15) is 0 Å². The normalized spacial score (nSPS) is 21.0. The summed E-state index contributed by atoms with van der Waals surface area (Å²) in [6, 6.07) is 0. The summed E-state index contributed by atoms with van der Waals surface area (Å²) in [5.74, 6) is 0. The van der Waals surface area contributed by atoms with E-state index >= 15 is 0 Å². The van der Waals surface area contributed by atoms with E-state index in [-0.39, 0.29) is 0 Å². The van der Waals surface area contributed by atoms with Crippen molar-refractivity contribution in [2.24, 2.45) is 0 Å². The van der Waals surface area contributed by atoms with Crippen LogP contribution < -0.4 is 5.32 Å². The van der Waals surface area contributed by atoms with Gasteiger partial charge in [0.1, 0.15) is 6.54 Å². The Morgan fingerprint density at radius 1 is 1.21 bits per heavy atom. The fourth-order valence-electron chi connectivity index (χ4n) is 1.79. The zero-order chi connectivity index (χ0) is 10.3. The number of hydrogen-bond acceptors (Lipinski definition) is 2. The maximum absolute atomic E-state index is 5.61. The van der Waals surface area contributed by atoms with Crippen LogP contribution in [0.25, 0.3) is 0 Å². The van der Waals surface area contributed by atoms with Crippen LogP contribution in [0.3, 0.4) is 0 Å². The lowest BCUT2D eigenvalue weighted by atomic mass is 10.3. The van der Waals surface area contributed by atoms with Gasteiger partial charge in [0.2, 0.25) is 0 Å². The van der Waals surface area contributed by atoms with Gasteiger partial charge < -0.3 is 14.5 Å². The first-order valence-corrected chi connectivity index (χ1v) is 5.89. The lowest BCUT2D eigenvalue weighted by molar-refractivity contribution is -0.911. The molecule has 0 aromatic rings. The Balaban J connectivity index is 2.03. The third-order valence-corrected chi connectivity index (χ3v) is 3.07. The third kappa shape index (κ3) is 4.40. The van der Waals surface area contributed by atoms with Crippen molar-refractivity contribution < 1.29 is 9.22 Å². The maximum atomic E-state index is 5.61. The summed E-state index contributed by atoms with van der Waals surface area (Å²) in [5.41, 5.74) is 0. The van der Waals surface area contributed by atoms with Crippen LogP contribution in [0.5, 0.6) is 0 Å². The Hall–Kier alpha value is -0.120. The molecule has 0 aliphatic carbocycles. The molecule has 1 rings (SSSR count). The van der Waals surface area contributed by atoms with E-state index in [4.69, 9.17) is 4.74 Å².